The number of aromatic nitrogens is 1. The predicted molar refractivity (Wildman–Crippen MR) is 45.3 cm³/mol. The van der Waals surface area contributed by atoms with E-state index in [2.05, 4.69) is 26.2 Å². The molecule has 0 radical (unpaired) electrons. The van der Waals surface area contributed by atoms with Gasteiger partial charge in [-0.1, -0.05) is 0 Å². The lowest BCUT2D eigenvalue weighted by Crippen LogP contribution is -2.18. The molecule has 4 heteroatoms. The third-order valence-electron chi connectivity index (χ3n) is 1.23. The van der Waals surface area contributed by atoms with Crippen LogP contribution in [0.5, 0.6) is 0 Å². The first-order valence-corrected chi connectivity index (χ1v) is 3.87. The van der Waals surface area contributed by atoms with E-state index in [1.54, 1.807) is 25.4 Å². The zero-order valence-corrected chi connectivity index (χ0v) is 7.55. The van der Waals surface area contributed by atoms with Gasteiger partial charge in [0.2, 0.25) is 0 Å². The molecule has 0 aliphatic rings. The summed E-state index contributed by atoms with van der Waals surface area (Å²) in [5, 5.41) is 2.51. The van der Waals surface area contributed by atoms with Crippen molar-refractivity contribution in [1.29, 1.82) is 0 Å². The number of hydrogen-bond acceptors (Lipinski definition) is 2. The second-order valence-corrected chi connectivity index (χ2v) is 2.67. The molecule has 0 fully saturated rings. The average molecular weight is 215 g/mol. The molecule has 1 aromatic heterocycles. The summed E-state index contributed by atoms with van der Waals surface area (Å²) in [4.78, 5) is 15.0. The first kappa shape index (κ1) is 8.20. The molecule has 0 spiro atoms. The fourth-order valence-electron chi connectivity index (χ4n) is 0.690. The molecule has 0 aliphatic heterocycles. The van der Waals surface area contributed by atoms with Crippen LogP contribution in [-0.4, -0.2) is 17.9 Å². The summed E-state index contributed by atoms with van der Waals surface area (Å²) in [6.45, 7) is 0. The lowest BCUT2D eigenvalue weighted by Gasteiger charge is -1.99. The molecule has 1 rings (SSSR count). The second-order valence-electron chi connectivity index (χ2n) is 1.92. The molecule has 1 aromatic rings. The Bertz CT molecular complexity index is 275. The second kappa shape index (κ2) is 3.48. The summed E-state index contributed by atoms with van der Waals surface area (Å²) >= 11 is 3.17. The topological polar surface area (TPSA) is 42.0 Å². The van der Waals surface area contributed by atoms with Gasteiger partial charge >= 0.3 is 0 Å². The summed E-state index contributed by atoms with van der Waals surface area (Å²) in [6.07, 6.45) is 1.62. The highest BCUT2D eigenvalue weighted by molar-refractivity contribution is 9.10. The number of rotatable bonds is 1. The zero-order valence-electron chi connectivity index (χ0n) is 5.97. The van der Waals surface area contributed by atoms with Crippen molar-refractivity contribution in [3.63, 3.8) is 0 Å². The van der Waals surface area contributed by atoms with Crippen LogP contribution in [-0.2, 0) is 0 Å². The van der Waals surface area contributed by atoms with Gasteiger partial charge in [0.15, 0.2) is 0 Å². The van der Waals surface area contributed by atoms with E-state index in [9.17, 15) is 4.79 Å². The van der Waals surface area contributed by atoms with Gasteiger partial charge in [0, 0.05) is 13.2 Å². The molecular weight excluding hydrogens is 208 g/mol. The highest BCUT2D eigenvalue weighted by atomic mass is 79.9. The third kappa shape index (κ3) is 1.77. The largest absolute Gasteiger partial charge is 0.355 e. The maximum atomic E-state index is 11.1. The Morgan fingerprint density at radius 3 is 3.00 bits per heavy atom. The van der Waals surface area contributed by atoms with Crippen LogP contribution in [0.1, 0.15) is 10.4 Å². The van der Waals surface area contributed by atoms with E-state index in [0.29, 0.717) is 10.2 Å². The highest BCUT2D eigenvalue weighted by Crippen LogP contribution is 2.11. The molecule has 1 amide bonds. The summed E-state index contributed by atoms with van der Waals surface area (Å²) in [5.41, 5.74) is 0.551. The maximum absolute atomic E-state index is 11.1. The van der Waals surface area contributed by atoms with E-state index in [4.69, 9.17) is 0 Å². The highest BCUT2D eigenvalue weighted by Gasteiger charge is 2.06. The van der Waals surface area contributed by atoms with Gasteiger partial charge in [0.1, 0.15) is 4.60 Å². The van der Waals surface area contributed by atoms with Crippen molar-refractivity contribution in [2.45, 2.75) is 0 Å². The number of pyridine rings is 1. The molecule has 0 atom stereocenters. The molecular formula is C7H7BrN2O. The van der Waals surface area contributed by atoms with Crippen molar-refractivity contribution < 1.29 is 4.79 Å². The quantitative estimate of drug-likeness (QED) is 0.715. The Kier molecular flexibility index (Phi) is 2.59. The van der Waals surface area contributed by atoms with Crippen LogP contribution in [0, 0.1) is 0 Å². The third-order valence-corrected chi connectivity index (χ3v) is 1.86. The smallest absolute Gasteiger partial charge is 0.253 e. The van der Waals surface area contributed by atoms with Gasteiger partial charge in [-0.3, -0.25) is 4.79 Å². The normalized spacial score (nSPS) is 9.27. The Balaban J connectivity index is 3.03. The Labute approximate surface area is 73.0 Å². The molecule has 0 saturated carbocycles. The molecule has 0 saturated heterocycles. The van der Waals surface area contributed by atoms with E-state index in [0.717, 1.165) is 0 Å². The minimum atomic E-state index is -0.134. The van der Waals surface area contributed by atoms with Crippen molar-refractivity contribution in [1.82, 2.24) is 10.3 Å². The van der Waals surface area contributed by atoms with Gasteiger partial charge in [-0.2, -0.15) is 0 Å². The van der Waals surface area contributed by atoms with Gasteiger partial charge in [-0.15, -0.1) is 0 Å². The number of halogens is 1. The number of nitrogens with zero attached hydrogens (tertiary/aromatic N) is 1. The van der Waals surface area contributed by atoms with Gasteiger partial charge < -0.3 is 5.32 Å². The summed E-state index contributed by atoms with van der Waals surface area (Å²) in [5.74, 6) is -0.134. The van der Waals surface area contributed by atoms with Crippen LogP contribution < -0.4 is 5.32 Å². The molecule has 1 N–H and O–H groups in total. The minimum Gasteiger partial charge on any atom is -0.355 e. The van der Waals surface area contributed by atoms with E-state index in [1.165, 1.54) is 0 Å². The Hall–Kier alpha value is -0.900. The summed E-state index contributed by atoms with van der Waals surface area (Å²) < 4.78 is 0.569. The number of hydrogen-bond donors (Lipinski definition) is 1. The van der Waals surface area contributed by atoms with E-state index >= 15 is 0 Å². The Morgan fingerprint density at radius 2 is 2.45 bits per heavy atom. The fourth-order valence-corrected chi connectivity index (χ4v) is 1.12. The van der Waals surface area contributed by atoms with Crippen LogP contribution >= 0.6 is 15.9 Å². The van der Waals surface area contributed by atoms with Gasteiger partial charge in [0.25, 0.3) is 5.91 Å². The van der Waals surface area contributed by atoms with Crippen molar-refractivity contribution in [2.24, 2.45) is 0 Å². The van der Waals surface area contributed by atoms with E-state index in [-0.39, 0.29) is 5.91 Å². The van der Waals surface area contributed by atoms with Crippen molar-refractivity contribution in [3.8, 4) is 0 Å². The molecule has 0 aliphatic carbocycles. The maximum Gasteiger partial charge on any atom is 0.253 e. The molecule has 58 valence electrons. The zero-order chi connectivity index (χ0) is 8.27. The van der Waals surface area contributed by atoms with Gasteiger partial charge in [-0.05, 0) is 28.1 Å². The Morgan fingerprint density at radius 1 is 1.73 bits per heavy atom. The monoisotopic (exact) mass is 214 g/mol. The van der Waals surface area contributed by atoms with E-state index in [1.807, 2.05) is 0 Å². The van der Waals surface area contributed by atoms with E-state index < -0.39 is 0 Å². The van der Waals surface area contributed by atoms with Gasteiger partial charge in [0.05, 0.1) is 5.56 Å². The van der Waals surface area contributed by atoms with Gasteiger partial charge in [-0.25, -0.2) is 4.98 Å². The lowest BCUT2D eigenvalue weighted by atomic mass is 10.3. The number of carbonyl (C=O) groups excluding carboxylic acids is 1. The van der Waals surface area contributed by atoms with Crippen LogP contribution in [0.2, 0.25) is 0 Å². The standard InChI is InChI=1S/C7H7BrN2O/c1-9-7(11)5-3-2-4-10-6(5)8/h2-4H,1H3,(H,9,11). The predicted octanol–water partition coefficient (Wildman–Crippen LogP) is 1.20. The molecule has 0 aromatic carbocycles. The first-order chi connectivity index (χ1) is 5.25. The first-order valence-electron chi connectivity index (χ1n) is 3.08. The summed E-state index contributed by atoms with van der Waals surface area (Å²) in [6, 6.07) is 3.42. The number of carbonyl (C=O) groups is 1. The van der Waals surface area contributed by atoms with Crippen LogP contribution in [0.25, 0.3) is 0 Å². The lowest BCUT2D eigenvalue weighted by molar-refractivity contribution is 0.0962. The summed E-state index contributed by atoms with van der Waals surface area (Å²) in [7, 11) is 1.59. The van der Waals surface area contributed by atoms with Crippen LogP contribution in [0.15, 0.2) is 22.9 Å². The van der Waals surface area contributed by atoms with Crippen molar-refractivity contribution >= 4 is 21.8 Å². The minimum absolute atomic E-state index is 0.134. The van der Waals surface area contributed by atoms with Crippen molar-refractivity contribution in [3.05, 3.63) is 28.5 Å². The molecule has 11 heavy (non-hydrogen) atoms. The van der Waals surface area contributed by atoms with Crippen molar-refractivity contribution in [2.75, 3.05) is 7.05 Å². The average Bonchev–Trinajstić information content (AvgIpc) is 2.04. The fraction of sp³-hybridized carbons (Fsp3) is 0.143. The van der Waals surface area contributed by atoms with Crippen LogP contribution in [0.3, 0.4) is 0 Å². The van der Waals surface area contributed by atoms with Crippen LogP contribution in [0.4, 0.5) is 0 Å². The SMILES string of the molecule is CNC(=O)c1cccnc1Br. The molecule has 0 unspecified atom stereocenters. The molecule has 1 heterocycles. The molecule has 3 nitrogen and oxygen atoms in total. The molecule has 0 bridgehead atoms. The number of amides is 1. The number of nitrogens with one attached hydrogen (secondary N) is 1.